The third-order valence-corrected chi connectivity index (χ3v) is 7.05. The molecule has 36 heavy (non-hydrogen) atoms. The second-order valence-corrected chi connectivity index (χ2v) is 9.69. The Kier molecular flexibility index (Phi) is 12.1. The second kappa shape index (κ2) is 14.3. The van der Waals surface area contributed by atoms with Crippen molar-refractivity contribution in [2.24, 2.45) is 5.92 Å². The molecule has 2 atom stereocenters. The number of aryl methyl sites for hydroxylation is 1. The van der Waals surface area contributed by atoms with Crippen LogP contribution in [-0.2, 0) is 6.42 Å². The zero-order valence-electron chi connectivity index (χ0n) is 21.2. The van der Waals surface area contributed by atoms with E-state index >= 15 is 0 Å². The van der Waals surface area contributed by atoms with Gasteiger partial charge in [-0.15, -0.1) is 29.9 Å². The van der Waals surface area contributed by atoms with E-state index in [0.717, 1.165) is 54.7 Å². The molecule has 1 aromatic carbocycles. The van der Waals surface area contributed by atoms with Gasteiger partial charge in [-0.25, -0.2) is 8.78 Å². The molecule has 5 nitrogen and oxygen atoms in total. The van der Waals surface area contributed by atoms with Crippen LogP contribution in [0.3, 0.4) is 0 Å². The average Bonchev–Trinajstić information content (AvgIpc) is 2.84. The summed E-state index contributed by atoms with van der Waals surface area (Å²) >= 11 is 0. The van der Waals surface area contributed by atoms with Crippen LogP contribution in [0.2, 0.25) is 0 Å². The number of hydrogen-bond acceptors (Lipinski definition) is 5. The van der Waals surface area contributed by atoms with Crippen molar-refractivity contribution < 1.29 is 18.3 Å². The maximum Gasteiger partial charge on any atom is 0.256 e. The van der Waals surface area contributed by atoms with Gasteiger partial charge in [-0.3, -0.25) is 0 Å². The lowest BCUT2D eigenvalue weighted by atomic mass is 9.90. The Labute approximate surface area is 226 Å². The fourth-order valence-electron chi connectivity index (χ4n) is 4.95. The number of nitrogens with zero attached hydrogens (tertiary/aromatic N) is 2. The van der Waals surface area contributed by atoms with Gasteiger partial charge in [-0.1, -0.05) is 31.9 Å². The van der Waals surface area contributed by atoms with Gasteiger partial charge in [-0.2, -0.15) is 5.10 Å². The van der Waals surface area contributed by atoms with Crippen LogP contribution in [0.15, 0.2) is 30.3 Å². The SMILES string of the molecule is CCCCc1nnc(OC(C)C2CNCCC2(F)F)cc1-c1ccc(OC2CCCCC2)cc1.Cl.Cl. The van der Waals surface area contributed by atoms with E-state index in [1.165, 1.54) is 19.3 Å². The highest BCUT2D eigenvalue weighted by molar-refractivity contribution is 5.85. The Balaban J connectivity index is 0.00000228. The molecule has 0 spiro atoms. The van der Waals surface area contributed by atoms with E-state index in [-0.39, 0.29) is 43.7 Å². The zero-order chi connectivity index (χ0) is 24.0. The molecular weight excluding hydrogens is 507 g/mol. The quantitative estimate of drug-likeness (QED) is 0.365. The molecule has 1 aliphatic heterocycles. The van der Waals surface area contributed by atoms with E-state index in [0.29, 0.717) is 12.6 Å². The lowest BCUT2D eigenvalue weighted by Crippen LogP contribution is -2.50. The number of hydrogen-bond donors (Lipinski definition) is 1. The minimum atomic E-state index is -2.75. The molecule has 0 amide bonds. The summed E-state index contributed by atoms with van der Waals surface area (Å²) in [6, 6.07) is 9.94. The zero-order valence-corrected chi connectivity index (χ0v) is 22.8. The van der Waals surface area contributed by atoms with Crippen LogP contribution in [0.25, 0.3) is 11.1 Å². The van der Waals surface area contributed by atoms with Crippen LogP contribution in [0.1, 0.15) is 70.9 Å². The van der Waals surface area contributed by atoms with Crippen LogP contribution in [0.4, 0.5) is 8.78 Å². The van der Waals surface area contributed by atoms with Gasteiger partial charge in [-0.05, 0) is 63.1 Å². The summed E-state index contributed by atoms with van der Waals surface area (Å²) in [4.78, 5) is 0. The van der Waals surface area contributed by atoms with Gasteiger partial charge in [0.25, 0.3) is 5.92 Å². The van der Waals surface area contributed by atoms with E-state index in [1.54, 1.807) is 6.92 Å². The molecule has 2 heterocycles. The molecular formula is C27H39Cl2F2N3O2. The molecule has 0 radical (unpaired) electrons. The highest BCUT2D eigenvalue weighted by Gasteiger charge is 2.45. The number of benzene rings is 1. The maximum atomic E-state index is 14.4. The number of halogens is 4. The van der Waals surface area contributed by atoms with Gasteiger partial charge < -0.3 is 14.8 Å². The number of unbranched alkanes of at least 4 members (excludes halogenated alkanes) is 1. The highest BCUT2D eigenvalue weighted by Crippen LogP contribution is 2.35. The lowest BCUT2D eigenvalue weighted by Gasteiger charge is -2.35. The normalized spacial score (nSPS) is 20.5. The van der Waals surface area contributed by atoms with Crippen molar-refractivity contribution in [1.82, 2.24) is 15.5 Å². The predicted octanol–water partition coefficient (Wildman–Crippen LogP) is 7.05. The Hall–Kier alpha value is -1.70. The van der Waals surface area contributed by atoms with Crippen molar-refractivity contribution in [2.75, 3.05) is 13.1 Å². The van der Waals surface area contributed by atoms with Crippen molar-refractivity contribution in [1.29, 1.82) is 0 Å². The second-order valence-electron chi connectivity index (χ2n) is 9.69. The fraction of sp³-hybridized carbons (Fsp3) is 0.630. The summed E-state index contributed by atoms with van der Waals surface area (Å²) in [5.74, 6) is -2.49. The monoisotopic (exact) mass is 545 g/mol. The first-order valence-electron chi connectivity index (χ1n) is 12.8. The maximum absolute atomic E-state index is 14.4. The number of piperidine rings is 1. The first-order chi connectivity index (χ1) is 16.5. The van der Waals surface area contributed by atoms with Crippen LogP contribution in [0.5, 0.6) is 11.6 Å². The molecule has 202 valence electrons. The van der Waals surface area contributed by atoms with Crippen LogP contribution in [0, 0.1) is 5.92 Å². The summed E-state index contributed by atoms with van der Waals surface area (Å²) in [5, 5.41) is 11.7. The molecule has 2 aliphatic rings. The molecule has 1 saturated heterocycles. The molecule has 0 bridgehead atoms. The molecule has 9 heteroatoms. The molecule has 2 fully saturated rings. The third kappa shape index (κ3) is 7.90. The Morgan fingerprint density at radius 3 is 2.47 bits per heavy atom. The van der Waals surface area contributed by atoms with Crippen LogP contribution >= 0.6 is 24.8 Å². The summed E-state index contributed by atoms with van der Waals surface area (Å²) in [6.07, 6.45) is 8.30. The van der Waals surface area contributed by atoms with Gasteiger partial charge in [0.2, 0.25) is 5.88 Å². The van der Waals surface area contributed by atoms with Crippen molar-refractivity contribution in [3.8, 4) is 22.8 Å². The minimum Gasteiger partial charge on any atom is -0.490 e. The van der Waals surface area contributed by atoms with Gasteiger partial charge in [0, 0.05) is 31.1 Å². The summed E-state index contributed by atoms with van der Waals surface area (Å²) in [6.45, 7) is 4.38. The molecule has 1 N–H and O–H groups in total. The standard InChI is InChI=1S/C27H37F2N3O2.2ClH/c1-3-4-10-25-23(20-11-13-22(14-12-20)34-21-8-6-5-7-9-21)17-26(32-31-25)33-19(2)24-18-30-16-15-27(24,28)29;;/h11-14,17,19,21,24,30H,3-10,15-16,18H2,1-2H3;2*1H. The van der Waals surface area contributed by atoms with Gasteiger partial charge in [0.05, 0.1) is 17.7 Å². The summed E-state index contributed by atoms with van der Waals surface area (Å²) in [5.41, 5.74) is 2.83. The van der Waals surface area contributed by atoms with E-state index in [4.69, 9.17) is 9.47 Å². The molecule has 1 saturated carbocycles. The van der Waals surface area contributed by atoms with Crippen molar-refractivity contribution >= 4 is 24.8 Å². The largest absolute Gasteiger partial charge is 0.490 e. The summed E-state index contributed by atoms with van der Waals surface area (Å²) in [7, 11) is 0. The van der Waals surface area contributed by atoms with Crippen LogP contribution in [-0.4, -0.2) is 41.4 Å². The Morgan fingerprint density at radius 1 is 1.08 bits per heavy atom. The molecule has 2 unspecified atom stereocenters. The Bertz CT molecular complexity index is 928. The van der Waals surface area contributed by atoms with Gasteiger partial charge in [0.15, 0.2) is 0 Å². The number of alkyl halides is 2. The Morgan fingerprint density at radius 2 is 1.81 bits per heavy atom. The van der Waals surface area contributed by atoms with Crippen molar-refractivity contribution in [3.05, 3.63) is 36.0 Å². The highest BCUT2D eigenvalue weighted by atomic mass is 35.5. The third-order valence-electron chi connectivity index (χ3n) is 7.05. The van der Waals surface area contributed by atoms with E-state index in [9.17, 15) is 8.78 Å². The number of nitrogens with one attached hydrogen (secondary N) is 1. The minimum absolute atomic E-state index is 0. The first kappa shape index (κ1) is 30.5. The van der Waals surface area contributed by atoms with Gasteiger partial charge >= 0.3 is 0 Å². The number of rotatable bonds is 9. The van der Waals surface area contributed by atoms with E-state index < -0.39 is 17.9 Å². The smallest absolute Gasteiger partial charge is 0.256 e. The van der Waals surface area contributed by atoms with E-state index in [2.05, 4.69) is 22.4 Å². The molecule has 1 aromatic heterocycles. The van der Waals surface area contributed by atoms with Crippen molar-refractivity contribution in [3.63, 3.8) is 0 Å². The van der Waals surface area contributed by atoms with Gasteiger partial charge in [0.1, 0.15) is 11.9 Å². The number of aromatic nitrogens is 2. The lowest BCUT2D eigenvalue weighted by molar-refractivity contribution is -0.110. The predicted molar refractivity (Wildman–Crippen MR) is 144 cm³/mol. The molecule has 4 rings (SSSR count). The van der Waals surface area contributed by atoms with E-state index in [1.807, 2.05) is 30.3 Å². The molecule has 1 aliphatic carbocycles. The average molecular weight is 547 g/mol. The topological polar surface area (TPSA) is 56.3 Å². The van der Waals surface area contributed by atoms with Crippen molar-refractivity contribution in [2.45, 2.75) is 89.8 Å². The first-order valence-corrected chi connectivity index (χ1v) is 12.8. The fourth-order valence-corrected chi connectivity index (χ4v) is 4.95. The number of ether oxygens (including phenoxy) is 2. The molecule has 2 aromatic rings. The van der Waals surface area contributed by atoms with Crippen LogP contribution < -0.4 is 14.8 Å². The summed E-state index contributed by atoms with van der Waals surface area (Å²) < 4.78 is 40.9.